The van der Waals surface area contributed by atoms with Crippen LogP contribution in [0.5, 0.6) is 0 Å². The van der Waals surface area contributed by atoms with Crippen molar-refractivity contribution in [3.63, 3.8) is 0 Å². The van der Waals surface area contributed by atoms with E-state index in [0.29, 0.717) is 5.69 Å². The van der Waals surface area contributed by atoms with Crippen LogP contribution in [0.2, 0.25) is 0 Å². The predicted molar refractivity (Wildman–Crippen MR) is 83.7 cm³/mol. The Labute approximate surface area is 126 Å². The third kappa shape index (κ3) is 5.10. The van der Waals surface area contributed by atoms with Gasteiger partial charge in [-0.3, -0.25) is 4.79 Å². The van der Waals surface area contributed by atoms with Crippen molar-refractivity contribution >= 4 is 17.7 Å². The molecule has 0 saturated heterocycles. The van der Waals surface area contributed by atoms with Gasteiger partial charge in [0.1, 0.15) is 0 Å². The molecule has 0 atom stereocenters. The molecule has 0 heterocycles. The number of nitrogens with zero attached hydrogens (tertiary/aromatic N) is 1. The first kappa shape index (κ1) is 17.0. The fourth-order valence-electron chi connectivity index (χ4n) is 1.79. The van der Waals surface area contributed by atoms with E-state index in [0.717, 1.165) is 6.42 Å². The average molecular weight is 292 g/mol. The molecule has 0 aromatic heterocycles. The number of carbonyl (C=O) groups excluding carboxylic acids is 1. The summed E-state index contributed by atoms with van der Waals surface area (Å²) < 4.78 is 0. The van der Waals surface area contributed by atoms with E-state index in [2.05, 4.69) is 26.1 Å². The van der Waals surface area contributed by atoms with Crippen LogP contribution in [0.25, 0.3) is 0 Å². The van der Waals surface area contributed by atoms with E-state index < -0.39 is 5.97 Å². The van der Waals surface area contributed by atoms with Crippen LogP contribution in [0.3, 0.4) is 0 Å². The molecule has 0 unspecified atom stereocenters. The zero-order valence-corrected chi connectivity index (χ0v) is 13.1. The molecule has 1 aromatic carbocycles. The minimum Gasteiger partial charge on any atom is -0.481 e. The molecule has 0 aliphatic rings. The van der Waals surface area contributed by atoms with E-state index in [4.69, 9.17) is 5.11 Å². The number of nitrogens with one attached hydrogen (secondary N) is 1. The molecule has 5 heteroatoms. The first-order chi connectivity index (χ1) is 9.76. The van der Waals surface area contributed by atoms with Crippen molar-refractivity contribution in [2.75, 3.05) is 18.9 Å². The second-order valence-electron chi connectivity index (χ2n) is 5.81. The van der Waals surface area contributed by atoms with E-state index in [9.17, 15) is 9.59 Å². The van der Waals surface area contributed by atoms with Crippen molar-refractivity contribution < 1.29 is 14.7 Å². The van der Waals surface area contributed by atoms with E-state index in [1.807, 2.05) is 24.3 Å². The van der Waals surface area contributed by atoms with Crippen LogP contribution in [-0.4, -0.2) is 35.6 Å². The van der Waals surface area contributed by atoms with E-state index in [1.54, 1.807) is 7.05 Å². The number of rotatable bonds is 6. The van der Waals surface area contributed by atoms with Crippen LogP contribution in [-0.2, 0) is 10.2 Å². The highest BCUT2D eigenvalue weighted by Crippen LogP contribution is 2.27. The molecule has 0 radical (unpaired) electrons. The Morgan fingerprint density at radius 2 is 1.81 bits per heavy atom. The predicted octanol–water partition coefficient (Wildman–Crippen LogP) is 3.31. The fourth-order valence-corrected chi connectivity index (χ4v) is 1.79. The van der Waals surface area contributed by atoms with Crippen LogP contribution >= 0.6 is 0 Å². The van der Waals surface area contributed by atoms with Gasteiger partial charge in [0.15, 0.2) is 0 Å². The molecule has 116 valence electrons. The normalized spacial score (nSPS) is 11.0. The van der Waals surface area contributed by atoms with Gasteiger partial charge in [-0.15, -0.1) is 0 Å². The second-order valence-corrected chi connectivity index (χ2v) is 5.81. The summed E-state index contributed by atoms with van der Waals surface area (Å²) >= 11 is 0. The minimum absolute atomic E-state index is 0.0620. The zero-order valence-electron chi connectivity index (χ0n) is 13.1. The minimum atomic E-state index is -0.916. The van der Waals surface area contributed by atoms with Gasteiger partial charge < -0.3 is 15.3 Å². The highest BCUT2D eigenvalue weighted by atomic mass is 16.4. The number of urea groups is 1. The molecule has 0 fully saturated rings. The number of aliphatic carboxylic acids is 1. The summed E-state index contributed by atoms with van der Waals surface area (Å²) in [4.78, 5) is 23.7. The molecule has 21 heavy (non-hydrogen) atoms. The van der Waals surface area contributed by atoms with Gasteiger partial charge in [-0.2, -0.15) is 0 Å². The maximum atomic E-state index is 11.9. The van der Waals surface area contributed by atoms with E-state index in [1.165, 1.54) is 10.5 Å². The number of hydrogen-bond donors (Lipinski definition) is 2. The fraction of sp³-hybridized carbons (Fsp3) is 0.500. The van der Waals surface area contributed by atoms with Gasteiger partial charge in [0.2, 0.25) is 0 Å². The van der Waals surface area contributed by atoms with Gasteiger partial charge in [-0.1, -0.05) is 32.9 Å². The quantitative estimate of drug-likeness (QED) is 0.845. The third-order valence-corrected chi connectivity index (χ3v) is 3.81. The van der Waals surface area contributed by atoms with E-state index >= 15 is 0 Å². The zero-order chi connectivity index (χ0) is 16.0. The maximum absolute atomic E-state index is 11.9. The number of amides is 2. The number of carboxylic acid groups (broad SMARTS) is 1. The summed E-state index contributed by atoms with van der Waals surface area (Å²) in [6, 6.07) is 7.46. The SMILES string of the molecule is CCC(C)(C)c1ccc(NC(=O)N(C)CCC(=O)O)cc1. The summed E-state index contributed by atoms with van der Waals surface area (Å²) in [5.41, 5.74) is 2.04. The van der Waals surface area contributed by atoms with E-state index in [-0.39, 0.29) is 24.4 Å². The van der Waals surface area contributed by atoms with Crippen LogP contribution in [0.4, 0.5) is 10.5 Å². The highest BCUT2D eigenvalue weighted by Gasteiger charge is 2.17. The third-order valence-electron chi connectivity index (χ3n) is 3.81. The first-order valence-corrected chi connectivity index (χ1v) is 7.10. The van der Waals surface area contributed by atoms with Gasteiger partial charge in [0, 0.05) is 19.3 Å². The maximum Gasteiger partial charge on any atom is 0.321 e. The first-order valence-electron chi connectivity index (χ1n) is 7.10. The largest absolute Gasteiger partial charge is 0.481 e. The highest BCUT2D eigenvalue weighted by molar-refractivity contribution is 5.89. The number of anilines is 1. The molecule has 0 spiro atoms. The molecule has 0 bridgehead atoms. The van der Waals surface area contributed by atoms with Gasteiger partial charge in [-0.05, 0) is 29.5 Å². The lowest BCUT2D eigenvalue weighted by atomic mass is 9.82. The van der Waals surface area contributed by atoms with Crippen LogP contribution in [0.15, 0.2) is 24.3 Å². The molecule has 2 amide bonds. The number of carboxylic acids is 1. The van der Waals surface area contributed by atoms with Crippen LogP contribution < -0.4 is 5.32 Å². The van der Waals surface area contributed by atoms with Gasteiger partial charge >= 0.3 is 12.0 Å². The van der Waals surface area contributed by atoms with Crippen molar-refractivity contribution in [1.29, 1.82) is 0 Å². The Bertz CT molecular complexity index is 495. The lowest BCUT2D eigenvalue weighted by Gasteiger charge is -2.23. The van der Waals surface area contributed by atoms with Crippen LogP contribution in [0.1, 0.15) is 39.2 Å². The molecule has 2 N–H and O–H groups in total. The van der Waals surface area contributed by atoms with Crippen molar-refractivity contribution in [2.24, 2.45) is 0 Å². The number of hydrogen-bond acceptors (Lipinski definition) is 2. The van der Waals surface area contributed by atoms with Crippen molar-refractivity contribution in [3.05, 3.63) is 29.8 Å². The van der Waals surface area contributed by atoms with Gasteiger partial charge in [-0.25, -0.2) is 4.79 Å². The molecular weight excluding hydrogens is 268 g/mol. The number of carbonyl (C=O) groups is 2. The molecule has 1 rings (SSSR count). The molecule has 5 nitrogen and oxygen atoms in total. The Morgan fingerprint density at radius 3 is 2.29 bits per heavy atom. The van der Waals surface area contributed by atoms with Crippen molar-refractivity contribution in [3.8, 4) is 0 Å². The molecule has 0 saturated carbocycles. The molecular formula is C16H24N2O3. The Hall–Kier alpha value is -2.04. The summed E-state index contributed by atoms with van der Waals surface area (Å²) in [7, 11) is 1.58. The Kier molecular flexibility index (Phi) is 5.76. The Balaban J connectivity index is 2.63. The molecule has 0 aliphatic carbocycles. The monoisotopic (exact) mass is 292 g/mol. The van der Waals surface area contributed by atoms with Crippen LogP contribution in [0, 0.1) is 0 Å². The second kappa shape index (κ2) is 7.11. The lowest BCUT2D eigenvalue weighted by molar-refractivity contribution is -0.137. The summed E-state index contributed by atoms with van der Waals surface area (Å²) in [6.45, 7) is 6.69. The molecule has 1 aromatic rings. The lowest BCUT2D eigenvalue weighted by Crippen LogP contribution is -2.33. The average Bonchev–Trinajstić information content (AvgIpc) is 2.45. The smallest absolute Gasteiger partial charge is 0.321 e. The van der Waals surface area contributed by atoms with Crippen molar-refractivity contribution in [1.82, 2.24) is 4.90 Å². The topological polar surface area (TPSA) is 69.6 Å². The summed E-state index contributed by atoms with van der Waals surface area (Å²) in [5, 5.41) is 11.4. The van der Waals surface area contributed by atoms with Gasteiger partial charge in [0.25, 0.3) is 0 Å². The van der Waals surface area contributed by atoms with Gasteiger partial charge in [0.05, 0.1) is 6.42 Å². The molecule has 0 aliphatic heterocycles. The number of benzene rings is 1. The summed E-state index contributed by atoms with van der Waals surface area (Å²) in [6.07, 6.45) is 0.976. The standard InChI is InChI=1S/C16H24N2O3/c1-5-16(2,3)12-6-8-13(9-7-12)17-15(21)18(4)11-10-14(19)20/h6-9H,5,10-11H2,1-4H3,(H,17,21)(H,19,20). The summed E-state index contributed by atoms with van der Waals surface area (Å²) in [5.74, 6) is -0.916. The van der Waals surface area contributed by atoms with Crippen molar-refractivity contribution in [2.45, 2.75) is 39.0 Å². The Morgan fingerprint density at radius 1 is 1.24 bits per heavy atom.